The molecule has 0 N–H and O–H groups in total. The van der Waals surface area contributed by atoms with Gasteiger partial charge >= 0.3 is 5.97 Å². The second kappa shape index (κ2) is 6.46. The number of rotatable bonds is 4. The molecule has 0 unspecified atom stereocenters. The summed E-state index contributed by atoms with van der Waals surface area (Å²) in [6.45, 7) is 11.4. The van der Waals surface area contributed by atoms with E-state index in [0.717, 1.165) is 5.56 Å². The van der Waals surface area contributed by atoms with E-state index >= 15 is 0 Å². The van der Waals surface area contributed by atoms with Crippen LogP contribution in [0.5, 0.6) is 0 Å². The average Bonchev–Trinajstić information content (AvgIpc) is 2.33. The van der Waals surface area contributed by atoms with Crippen LogP contribution in [0.25, 0.3) is 0 Å². The van der Waals surface area contributed by atoms with Gasteiger partial charge in [0, 0.05) is 6.07 Å². The van der Waals surface area contributed by atoms with Crippen LogP contribution < -0.4 is 0 Å². The summed E-state index contributed by atoms with van der Waals surface area (Å²) < 4.78 is 5.30. The van der Waals surface area contributed by atoms with Crippen molar-refractivity contribution in [1.29, 1.82) is 0 Å². The van der Waals surface area contributed by atoms with Gasteiger partial charge in [-0.1, -0.05) is 32.9 Å². The molecule has 1 aromatic carbocycles. The summed E-state index contributed by atoms with van der Waals surface area (Å²) in [5.41, 5.74) is 0.693. The topological polar surface area (TPSA) is 69.4 Å². The van der Waals surface area contributed by atoms with Crippen LogP contribution in [0.1, 0.15) is 52.7 Å². The number of carbonyl (C=O) groups is 1. The highest BCUT2D eigenvalue weighted by molar-refractivity contribution is 5.75. The Hall–Kier alpha value is -1.91. The van der Waals surface area contributed by atoms with Crippen molar-refractivity contribution in [2.24, 2.45) is 10.8 Å². The van der Waals surface area contributed by atoms with Crippen molar-refractivity contribution < 1.29 is 14.5 Å². The zero-order valence-electron chi connectivity index (χ0n) is 14.2. The minimum absolute atomic E-state index is 0.00320. The molecular weight excluding hydrogens is 282 g/mol. The van der Waals surface area contributed by atoms with Gasteiger partial charge in [0.15, 0.2) is 0 Å². The molecule has 1 aromatic rings. The van der Waals surface area contributed by atoms with Crippen LogP contribution in [0.3, 0.4) is 0 Å². The number of carbonyl (C=O) groups excluding carboxylic acids is 1. The molecular formula is C17H25NO4. The predicted molar refractivity (Wildman–Crippen MR) is 85.5 cm³/mol. The van der Waals surface area contributed by atoms with Gasteiger partial charge in [-0.15, -0.1) is 0 Å². The average molecular weight is 307 g/mol. The molecule has 5 heteroatoms. The molecule has 0 atom stereocenters. The van der Waals surface area contributed by atoms with Gasteiger partial charge in [-0.2, -0.15) is 0 Å². The number of ether oxygens (including phenoxy) is 1. The Kier molecular flexibility index (Phi) is 5.33. The predicted octanol–water partition coefficient (Wildman–Crippen LogP) is 4.27. The summed E-state index contributed by atoms with van der Waals surface area (Å²) in [7, 11) is 0. The minimum Gasteiger partial charge on any atom is -0.460 e. The number of hydrogen-bond donors (Lipinski definition) is 0. The second-order valence-electron chi connectivity index (χ2n) is 7.74. The fraction of sp³-hybridized carbons (Fsp3) is 0.588. The summed E-state index contributed by atoms with van der Waals surface area (Å²) in [6, 6.07) is 4.99. The van der Waals surface area contributed by atoms with Crippen molar-refractivity contribution in [2.75, 3.05) is 0 Å². The van der Waals surface area contributed by atoms with Crippen LogP contribution >= 0.6 is 0 Å². The molecule has 0 aliphatic heterocycles. The van der Waals surface area contributed by atoms with Gasteiger partial charge in [0.1, 0.15) is 6.61 Å². The Morgan fingerprint density at radius 2 is 1.77 bits per heavy atom. The van der Waals surface area contributed by atoms with Gasteiger partial charge in [-0.3, -0.25) is 14.9 Å². The number of nitro groups is 1. The highest BCUT2D eigenvalue weighted by atomic mass is 16.6. The van der Waals surface area contributed by atoms with Crippen LogP contribution in [-0.2, 0) is 22.6 Å². The van der Waals surface area contributed by atoms with Crippen LogP contribution in [0.4, 0.5) is 5.69 Å². The number of benzene rings is 1. The van der Waals surface area contributed by atoms with Crippen molar-refractivity contribution in [1.82, 2.24) is 0 Å². The zero-order chi connectivity index (χ0) is 17.1. The Morgan fingerprint density at radius 3 is 2.23 bits per heavy atom. The summed E-state index contributed by atoms with van der Waals surface area (Å²) in [5.74, 6) is -0.368. The molecule has 0 fully saturated rings. The first-order chi connectivity index (χ1) is 9.92. The van der Waals surface area contributed by atoms with E-state index in [0.29, 0.717) is 12.0 Å². The third kappa shape index (κ3) is 5.13. The van der Waals surface area contributed by atoms with Crippen molar-refractivity contribution >= 4 is 11.7 Å². The third-order valence-electron chi connectivity index (χ3n) is 3.13. The third-order valence-corrected chi connectivity index (χ3v) is 3.13. The van der Waals surface area contributed by atoms with Gasteiger partial charge in [-0.25, -0.2) is 0 Å². The minimum atomic E-state index is -0.631. The maximum atomic E-state index is 11.9. The SMILES string of the molecule is CC(C)(C)Cc1cccc([N+](=O)[O-])c1COC(=O)C(C)(C)C. The molecule has 0 aliphatic rings. The van der Waals surface area contributed by atoms with E-state index in [1.54, 1.807) is 26.8 Å². The molecule has 0 radical (unpaired) electrons. The summed E-state index contributed by atoms with van der Waals surface area (Å²) in [5, 5.41) is 11.2. The zero-order valence-corrected chi connectivity index (χ0v) is 14.2. The van der Waals surface area contributed by atoms with Gasteiger partial charge in [0.05, 0.1) is 15.9 Å². The van der Waals surface area contributed by atoms with Crippen molar-refractivity contribution in [3.05, 3.63) is 39.4 Å². The highest BCUT2D eigenvalue weighted by Gasteiger charge is 2.26. The number of esters is 1. The lowest BCUT2D eigenvalue weighted by Gasteiger charge is -2.21. The van der Waals surface area contributed by atoms with E-state index in [9.17, 15) is 14.9 Å². The van der Waals surface area contributed by atoms with E-state index in [2.05, 4.69) is 20.8 Å². The van der Waals surface area contributed by atoms with E-state index in [-0.39, 0.29) is 23.7 Å². The maximum absolute atomic E-state index is 11.9. The van der Waals surface area contributed by atoms with E-state index in [1.165, 1.54) is 6.07 Å². The normalized spacial score (nSPS) is 12.1. The monoisotopic (exact) mass is 307 g/mol. The van der Waals surface area contributed by atoms with Crippen LogP contribution in [-0.4, -0.2) is 10.9 Å². The standard InChI is InChI=1S/C17H25NO4/c1-16(2,3)10-12-8-7-9-14(18(20)21)13(12)11-22-15(19)17(4,5)6/h7-9H,10-11H2,1-6H3. The lowest BCUT2D eigenvalue weighted by atomic mass is 9.86. The lowest BCUT2D eigenvalue weighted by Crippen LogP contribution is -2.23. The molecule has 0 heterocycles. The summed E-state index contributed by atoms with van der Waals surface area (Å²) in [6.07, 6.45) is 0.678. The van der Waals surface area contributed by atoms with E-state index < -0.39 is 10.3 Å². The van der Waals surface area contributed by atoms with E-state index in [1.807, 2.05) is 6.07 Å². The molecule has 0 aliphatic carbocycles. The number of nitrogens with zero attached hydrogens (tertiary/aromatic N) is 1. The van der Waals surface area contributed by atoms with E-state index in [4.69, 9.17) is 4.74 Å². The van der Waals surface area contributed by atoms with Crippen LogP contribution in [0, 0.1) is 20.9 Å². The largest absolute Gasteiger partial charge is 0.460 e. The van der Waals surface area contributed by atoms with Crippen LogP contribution in [0.15, 0.2) is 18.2 Å². The molecule has 122 valence electrons. The molecule has 0 bridgehead atoms. The number of nitro benzene ring substituents is 1. The molecule has 22 heavy (non-hydrogen) atoms. The van der Waals surface area contributed by atoms with Gasteiger partial charge in [0.2, 0.25) is 0 Å². The fourth-order valence-electron chi connectivity index (χ4n) is 2.05. The van der Waals surface area contributed by atoms with Gasteiger partial charge in [0.25, 0.3) is 5.69 Å². The second-order valence-corrected chi connectivity index (χ2v) is 7.74. The quantitative estimate of drug-likeness (QED) is 0.473. The molecule has 0 aromatic heterocycles. The molecule has 0 spiro atoms. The molecule has 5 nitrogen and oxygen atoms in total. The highest BCUT2D eigenvalue weighted by Crippen LogP contribution is 2.29. The molecule has 0 amide bonds. The first-order valence-electron chi connectivity index (χ1n) is 7.34. The van der Waals surface area contributed by atoms with Crippen molar-refractivity contribution in [3.63, 3.8) is 0 Å². The summed E-state index contributed by atoms with van der Waals surface area (Å²) in [4.78, 5) is 22.7. The first-order valence-corrected chi connectivity index (χ1v) is 7.34. The Labute approximate surface area is 131 Å². The first kappa shape index (κ1) is 18.1. The van der Waals surface area contributed by atoms with Crippen LogP contribution in [0.2, 0.25) is 0 Å². The van der Waals surface area contributed by atoms with Crippen molar-refractivity contribution in [2.45, 2.75) is 54.6 Å². The van der Waals surface area contributed by atoms with Gasteiger partial charge in [-0.05, 0) is 38.2 Å². The smallest absolute Gasteiger partial charge is 0.311 e. The Bertz CT molecular complexity index is 565. The molecule has 0 saturated carbocycles. The molecule has 1 rings (SSSR count). The maximum Gasteiger partial charge on any atom is 0.311 e. The Morgan fingerprint density at radius 1 is 1.18 bits per heavy atom. The number of hydrogen-bond acceptors (Lipinski definition) is 4. The Balaban J connectivity index is 3.13. The fourth-order valence-corrected chi connectivity index (χ4v) is 2.05. The molecule has 0 saturated heterocycles. The lowest BCUT2D eigenvalue weighted by molar-refractivity contribution is -0.385. The van der Waals surface area contributed by atoms with Gasteiger partial charge < -0.3 is 4.74 Å². The summed E-state index contributed by atoms with van der Waals surface area (Å²) >= 11 is 0. The van der Waals surface area contributed by atoms with Crippen molar-refractivity contribution in [3.8, 4) is 0 Å².